The van der Waals surface area contributed by atoms with Crippen molar-refractivity contribution in [3.05, 3.63) is 42.1 Å². The predicted octanol–water partition coefficient (Wildman–Crippen LogP) is 3.47. The molecule has 1 N–H and O–H groups in total. The molecule has 0 unspecified atom stereocenters. The molecule has 2 nitrogen and oxygen atoms in total. The Bertz CT molecular complexity index is 479. The Morgan fingerprint density at radius 3 is 2.94 bits per heavy atom. The van der Waals surface area contributed by atoms with Gasteiger partial charge in [-0.05, 0) is 43.0 Å². The van der Waals surface area contributed by atoms with Gasteiger partial charge < -0.3 is 5.32 Å². The number of nitrogens with zero attached hydrogens (tertiary/aromatic N) is 1. The van der Waals surface area contributed by atoms with E-state index in [-0.39, 0.29) is 0 Å². The van der Waals surface area contributed by atoms with Crippen LogP contribution >= 0.6 is 11.8 Å². The van der Waals surface area contributed by atoms with E-state index >= 15 is 0 Å². The lowest BCUT2D eigenvalue weighted by atomic mass is 10.1. The molecule has 0 amide bonds. The Morgan fingerprint density at radius 2 is 2.06 bits per heavy atom. The fourth-order valence-electron chi connectivity index (χ4n) is 2.03. The summed E-state index contributed by atoms with van der Waals surface area (Å²) in [5, 5.41) is 4.72. The molecule has 2 rings (SSSR count). The van der Waals surface area contributed by atoms with Crippen molar-refractivity contribution in [1.82, 2.24) is 10.3 Å². The summed E-state index contributed by atoms with van der Waals surface area (Å²) in [7, 11) is 0. The molecule has 96 valence electrons. The minimum Gasteiger partial charge on any atom is -0.313 e. The average molecular weight is 260 g/mol. The van der Waals surface area contributed by atoms with Crippen LogP contribution in [-0.4, -0.2) is 23.5 Å². The number of benzene rings is 1. The van der Waals surface area contributed by atoms with E-state index in [1.54, 1.807) is 0 Å². The molecule has 0 aliphatic carbocycles. The molecule has 2 aromatic rings. The van der Waals surface area contributed by atoms with Crippen LogP contribution in [0.3, 0.4) is 0 Å². The van der Waals surface area contributed by atoms with Crippen LogP contribution in [0.4, 0.5) is 0 Å². The topological polar surface area (TPSA) is 24.9 Å². The maximum absolute atomic E-state index is 4.47. The molecule has 0 aliphatic rings. The minimum absolute atomic E-state index is 0.910. The number of thioether (sulfide) groups is 1. The summed E-state index contributed by atoms with van der Waals surface area (Å²) in [4.78, 5) is 4.47. The summed E-state index contributed by atoms with van der Waals surface area (Å²) in [6.07, 6.45) is 6.57. The standard InChI is InChI=1S/C15H20N2S/c1-18-11-3-2-9-16-12-14-7-4-6-13-8-5-10-17-15(13)14/h4-8,10,16H,2-3,9,11-12H2,1H3. The van der Waals surface area contributed by atoms with Crippen molar-refractivity contribution in [1.29, 1.82) is 0 Å². The van der Waals surface area contributed by atoms with E-state index in [9.17, 15) is 0 Å². The van der Waals surface area contributed by atoms with Crippen LogP contribution in [0, 0.1) is 0 Å². The summed E-state index contributed by atoms with van der Waals surface area (Å²) in [5.41, 5.74) is 2.41. The Labute approximate surface area is 113 Å². The molecule has 0 fully saturated rings. The van der Waals surface area contributed by atoms with Crippen LogP contribution in [-0.2, 0) is 6.54 Å². The van der Waals surface area contributed by atoms with Gasteiger partial charge in [-0.1, -0.05) is 24.3 Å². The zero-order valence-corrected chi connectivity index (χ0v) is 11.7. The van der Waals surface area contributed by atoms with Crippen LogP contribution in [0.2, 0.25) is 0 Å². The summed E-state index contributed by atoms with van der Waals surface area (Å²) < 4.78 is 0. The highest BCUT2D eigenvalue weighted by molar-refractivity contribution is 7.98. The monoisotopic (exact) mass is 260 g/mol. The van der Waals surface area contributed by atoms with E-state index in [1.165, 1.54) is 29.5 Å². The van der Waals surface area contributed by atoms with Crippen molar-refractivity contribution in [3.8, 4) is 0 Å². The number of hydrogen-bond donors (Lipinski definition) is 1. The van der Waals surface area contributed by atoms with Crippen molar-refractivity contribution >= 4 is 22.7 Å². The number of rotatable bonds is 7. The van der Waals surface area contributed by atoms with Gasteiger partial charge in [0.2, 0.25) is 0 Å². The van der Waals surface area contributed by atoms with Crippen molar-refractivity contribution in [2.24, 2.45) is 0 Å². The first-order valence-electron chi connectivity index (χ1n) is 6.44. The first-order valence-corrected chi connectivity index (χ1v) is 7.83. The van der Waals surface area contributed by atoms with E-state index in [1.807, 2.05) is 24.0 Å². The molecule has 1 aromatic heterocycles. The molecule has 0 atom stereocenters. The van der Waals surface area contributed by atoms with Gasteiger partial charge in [-0.15, -0.1) is 0 Å². The summed E-state index contributed by atoms with van der Waals surface area (Å²) in [5.74, 6) is 1.26. The Kier molecular flexibility index (Phi) is 5.49. The molecule has 3 heteroatoms. The van der Waals surface area contributed by atoms with Crippen LogP contribution in [0.25, 0.3) is 10.9 Å². The van der Waals surface area contributed by atoms with E-state index in [4.69, 9.17) is 0 Å². The lowest BCUT2D eigenvalue weighted by Crippen LogP contribution is -2.15. The number of unbranched alkanes of at least 4 members (excludes halogenated alkanes) is 1. The number of hydrogen-bond acceptors (Lipinski definition) is 3. The highest BCUT2D eigenvalue weighted by Crippen LogP contribution is 2.15. The van der Waals surface area contributed by atoms with Gasteiger partial charge in [-0.25, -0.2) is 0 Å². The number of fused-ring (bicyclic) bond motifs is 1. The van der Waals surface area contributed by atoms with Gasteiger partial charge in [-0.2, -0.15) is 11.8 Å². The van der Waals surface area contributed by atoms with E-state index in [0.717, 1.165) is 18.6 Å². The smallest absolute Gasteiger partial charge is 0.0746 e. The SMILES string of the molecule is CSCCCCNCc1cccc2cccnc12. The van der Waals surface area contributed by atoms with Gasteiger partial charge in [0.05, 0.1) is 5.52 Å². The fraction of sp³-hybridized carbons (Fsp3) is 0.400. The Morgan fingerprint density at radius 1 is 1.17 bits per heavy atom. The lowest BCUT2D eigenvalue weighted by molar-refractivity contribution is 0.645. The van der Waals surface area contributed by atoms with E-state index in [0.29, 0.717) is 0 Å². The van der Waals surface area contributed by atoms with Crippen LogP contribution in [0.5, 0.6) is 0 Å². The first-order chi connectivity index (χ1) is 8.92. The first kappa shape index (κ1) is 13.4. The maximum Gasteiger partial charge on any atom is 0.0746 e. The highest BCUT2D eigenvalue weighted by atomic mass is 32.2. The molecule has 0 saturated carbocycles. The van der Waals surface area contributed by atoms with Gasteiger partial charge in [0.1, 0.15) is 0 Å². The predicted molar refractivity (Wildman–Crippen MR) is 81.1 cm³/mol. The third kappa shape index (κ3) is 3.72. The van der Waals surface area contributed by atoms with Gasteiger partial charge in [0.15, 0.2) is 0 Å². The fourth-order valence-corrected chi connectivity index (χ4v) is 2.52. The Hall–Kier alpha value is -1.06. The van der Waals surface area contributed by atoms with E-state index < -0.39 is 0 Å². The van der Waals surface area contributed by atoms with Gasteiger partial charge in [-0.3, -0.25) is 4.98 Å². The molecule has 0 saturated heterocycles. The van der Waals surface area contributed by atoms with E-state index in [2.05, 4.69) is 40.8 Å². The number of nitrogens with one attached hydrogen (secondary N) is 1. The minimum atomic E-state index is 0.910. The molecule has 0 aliphatic heterocycles. The van der Waals surface area contributed by atoms with Gasteiger partial charge >= 0.3 is 0 Å². The normalized spacial score (nSPS) is 10.9. The summed E-state index contributed by atoms with van der Waals surface area (Å²) >= 11 is 1.92. The van der Waals surface area contributed by atoms with Crippen molar-refractivity contribution < 1.29 is 0 Å². The maximum atomic E-state index is 4.47. The van der Waals surface area contributed by atoms with Crippen LogP contribution in [0.15, 0.2) is 36.5 Å². The second-order valence-electron chi connectivity index (χ2n) is 4.37. The third-order valence-corrected chi connectivity index (χ3v) is 3.68. The molecule has 0 spiro atoms. The molecule has 0 bridgehead atoms. The molecule has 1 aromatic carbocycles. The number of para-hydroxylation sites is 1. The third-order valence-electron chi connectivity index (χ3n) is 2.98. The molecule has 18 heavy (non-hydrogen) atoms. The largest absolute Gasteiger partial charge is 0.313 e. The zero-order chi connectivity index (χ0) is 12.6. The molecule has 0 radical (unpaired) electrons. The summed E-state index contributed by atoms with van der Waals surface area (Å²) in [6.45, 7) is 2.00. The summed E-state index contributed by atoms with van der Waals surface area (Å²) in [6, 6.07) is 10.5. The quantitative estimate of drug-likeness (QED) is 0.772. The second-order valence-corrected chi connectivity index (χ2v) is 5.35. The zero-order valence-electron chi connectivity index (χ0n) is 10.9. The van der Waals surface area contributed by atoms with Crippen molar-refractivity contribution in [3.63, 3.8) is 0 Å². The highest BCUT2D eigenvalue weighted by Gasteiger charge is 2.00. The van der Waals surface area contributed by atoms with Crippen LogP contribution in [0.1, 0.15) is 18.4 Å². The average Bonchev–Trinajstić information content (AvgIpc) is 2.43. The van der Waals surface area contributed by atoms with Crippen LogP contribution < -0.4 is 5.32 Å². The van der Waals surface area contributed by atoms with Gasteiger partial charge in [0, 0.05) is 18.1 Å². The molecular weight excluding hydrogens is 240 g/mol. The molecule has 1 heterocycles. The van der Waals surface area contributed by atoms with Crippen molar-refractivity contribution in [2.75, 3.05) is 18.6 Å². The molecular formula is C15H20N2S. The lowest BCUT2D eigenvalue weighted by Gasteiger charge is -2.07. The Balaban J connectivity index is 1.88. The second kappa shape index (κ2) is 7.39. The van der Waals surface area contributed by atoms with Gasteiger partial charge in [0.25, 0.3) is 0 Å². The number of pyridine rings is 1. The van der Waals surface area contributed by atoms with Crippen molar-refractivity contribution in [2.45, 2.75) is 19.4 Å². The number of aromatic nitrogens is 1.